The molecule has 1 amide bonds. The Bertz CT molecular complexity index is 277. The van der Waals surface area contributed by atoms with Crippen LogP contribution < -0.4 is 5.32 Å². The minimum atomic E-state index is -1.02. The number of rotatable bonds is 2. The molecule has 0 saturated heterocycles. The van der Waals surface area contributed by atoms with Gasteiger partial charge in [-0.15, -0.1) is 0 Å². The average Bonchev–Trinajstić information content (AvgIpc) is 2.72. The first-order valence-corrected chi connectivity index (χ1v) is 7.40. The quantitative estimate of drug-likeness (QED) is 0.785. The normalized spacial score (nSPS) is 24.5. The first-order chi connectivity index (χ1) is 9.31. The molecule has 0 radical (unpaired) electrons. The highest BCUT2D eigenvalue weighted by molar-refractivity contribution is 5.69. The molecular weight excluding hydrogens is 261 g/mol. The predicted octanol–water partition coefficient (Wildman–Crippen LogP) is 3.88. The van der Waals surface area contributed by atoms with Crippen molar-refractivity contribution >= 4 is 12.4 Å². The van der Waals surface area contributed by atoms with Crippen molar-refractivity contribution in [2.45, 2.75) is 79.1 Å². The van der Waals surface area contributed by atoms with Crippen LogP contribution in [-0.4, -0.2) is 30.2 Å². The summed E-state index contributed by atoms with van der Waals surface area (Å²) in [5.74, 6) is -0.442. The molecular formula is C15H30FNO3. The van der Waals surface area contributed by atoms with Crippen molar-refractivity contribution in [3.8, 4) is 0 Å². The molecule has 1 N–H and O–H groups in total. The van der Waals surface area contributed by atoms with Gasteiger partial charge in [0.05, 0.1) is 0 Å². The lowest BCUT2D eigenvalue weighted by Gasteiger charge is -2.22. The Morgan fingerprint density at radius 1 is 1.20 bits per heavy atom. The lowest BCUT2D eigenvalue weighted by atomic mass is 10.1. The summed E-state index contributed by atoms with van der Waals surface area (Å²) in [6.07, 6.45) is -0.553. The Morgan fingerprint density at radius 3 is 2.10 bits per heavy atom. The Balaban J connectivity index is 0. The van der Waals surface area contributed by atoms with Gasteiger partial charge in [0, 0.05) is 12.0 Å². The minimum Gasteiger partial charge on any atom is -0.444 e. The highest BCUT2D eigenvalue weighted by Gasteiger charge is 2.35. The van der Waals surface area contributed by atoms with Crippen LogP contribution in [0.2, 0.25) is 0 Å². The van der Waals surface area contributed by atoms with E-state index in [2.05, 4.69) is 5.32 Å². The van der Waals surface area contributed by atoms with Gasteiger partial charge in [0.25, 0.3) is 0 Å². The number of carbonyl (C=O) groups excluding carboxylic acids is 2. The summed E-state index contributed by atoms with van der Waals surface area (Å²) < 4.78 is 18.1. The predicted molar refractivity (Wildman–Crippen MR) is 79.5 cm³/mol. The number of amides is 1. The van der Waals surface area contributed by atoms with Crippen LogP contribution in [0.4, 0.5) is 9.18 Å². The molecule has 4 nitrogen and oxygen atoms in total. The van der Waals surface area contributed by atoms with E-state index in [0.29, 0.717) is 6.29 Å². The smallest absolute Gasteiger partial charge is 0.407 e. The van der Waals surface area contributed by atoms with Gasteiger partial charge in [0.1, 0.15) is 18.1 Å². The molecule has 0 aromatic heterocycles. The van der Waals surface area contributed by atoms with E-state index in [4.69, 9.17) is 4.74 Å². The molecule has 1 aliphatic rings. The lowest BCUT2D eigenvalue weighted by Crippen LogP contribution is -2.41. The molecule has 0 heterocycles. The third-order valence-electron chi connectivity index (χ3n) is 2.43. The minimum absolute atomic E-state index is 0.183. The first-order valence-electron chi connectivity index (χ1n) is 7.40. The second-order valence-electron chi connectivity index (χ2n) is 5.12. The standard InChI is InChI=1S/C11H18FNO3.2C2H6/c1-11(2,3)16-10(15)13-9-5-8(12)4-7(9)6-14;2*1-2/h6-9H,4-5H2,1-3H3,(H,13,15);2*1-2H3. The monoisotopic (exact) mass is 291 g/mol. The third-order valence-corrected chi connectivity index (χ3v) is 2.43. The van der Waals surface area contributed by atoms with Gasteiger partial charge in [-0.3, -0.25) is 0 Å². The SMILES string of the molecule is CC.CC.CC(C)(C)OC(=O)NC1CC(F)CC1C=O. The molecule has 120 valence electrons. The van der Waals surface area contributed by atoms with Crippen molar-refractivity contribution in [1.29, 1.82) is 0 Å². The number of carbonyl (C=O) groups is 2. The average molecular weight is 291 g/mol. The molecule has 0 aromatic rings. The summed E-state index contributed by atoms with van der Waals surface area (Å²) in [6.45, 7) is 13.2. The molecule has 1 aliphatic carbocycles. The maximum Gasteiger partial charge on any atom is 0.407 e. The fourth-order valence-corrected chi connectivity index (χ4v) is 1.78. The second kappa shape index (κ2) is 10.6. The number of aldehydes is 1. The van der Waals surface area contributed by atoms with E-state index in [0.717, 1.165) is 0 Å². The van der Waals surface area contributed by atoms with Gasteiger partial charge in [-0.05, 0) is 33.6 Å². The van der Waals surface area contributed by atoms with E-state index in [1.54, 1.807) is 20.8 Å². The van der Waals surface area contributed by atoms with Gasteiger partial charge >= 0.3 is 6.09 Å². The Morgan fingerprint density at radius 2 is 1.70 bits per heavy atom. The van der Waals surface area contributed by atoms with Gasteiger partial charge in [0.15, 0.2) is 0 Å². The van der Waals surface area contributed by atoms with Gasteiger partial charge < -0.3 is 14.8 Å². The molecule has 20 heavy (non-hydrogen) atoms. The maximum atomic E-state index is 13.0. The summed E-state index contributed by atoms with van der Waals surface area (Å²) in [5, 5.41) is 2.53. The molecule has 5 heteroatoms. The number of halogens is 1. The highest BCUT2D eigenvalue weighted by atomic mass is 19.1. The summed E-state index contributed by atoms with van der Waals surface area (Å²) >= 11 is 0. The molecule has 3 unspecified atom stereocenters. The molecule has 0 spiro atoms. The van der Waals surface area contributed by atoms with Crippen molar-refractivity contribution in [2.24, 2.45) is 5.92 Å². The van der Waals surface area contributed by atoms with Crippen LogP contribution in [0.1, 0.15) is 61.3 Å². The van der Waals surface area contributed by atoms with Gasteiger partial charge in [-0.2, -0.15) is 0 Å². The fraction of sp³-hybridized carbons (Fsp3) is 0.867. The zero-order valence-corrected chi connectivity index (χ0v) is 13.8. The summed E-state index contributed by atoms with van der Waals surface area (Å²) in [5.41, 5.74) is -0.589. The van der Waals surface area contributed by atoms with E-state index < -0.39 is 29.8 Å². The Labute approximate surface area is 122 Å². The van der Waals surface area contributed by atoms with E-state index in [1.165, 1.54) is 0 Å². The zero-order valence-electron chi connectivity index (χ0n) is 13.8. The molecule has 1 rings (SSSR count). The maximum absolute atomic E-state index is 13.0. The zero-order chi connectivity index (χ0) is 16.3. The van der Waals surface area contributed by atoms with Crippen molar-refractivity contribution in [3.05, 3.63) is 0 Å². The van der Waals surface area contributed by atoms with E-state index in [9.17, 15) is 14.0 Å². The molecule has 0 aliphatic heterocycles. The van der Waals surface area contributed by atoms with Crippen molar-refractivity contribution in [3.63, 3.8) is 0 Å². The largest absolute Gasteiger partial charge is 0.444 e. The van der Waals surface area contributed by atoms with Crippen LogP contribution in [0.3, 0.4) is 0 Å². The number of nitrogens with one attached hydrogen (secondary N) is 1. The van der Waals surface area contributed by atoms with Crippen LogP contribution >= 0.6 is 0 Å². The van der Waals surface area contributed by atoms with Crippen LogP contribution in [0, 0.1) is 5.92 Å². The van der Waals surface area contributed by atoms with E-state index in [1.807, 2.05) is 27.7 Å². The highest BCUT2D eigenvalue weighted by Crippen LogP contribution is 2.27. The number of hydrogen-bond donors (Lipinski definition) is 1. The van der Waals surface area contributed by atoms with Crippen molar-refractivity contribution in [1.82, 2.24) is 5.32 Å². The number of hydrogen-bond acceptors (Lipinski definition) is 3. The van der Waals surface area contributed by atoms with Crippen molar-refractivity contribution in [2.75, 3.05) is 0 Å². The van der Waals surface area contributed by atoms with E-state index in [-0.39, 0.29) is 12.8 Å². The van der Waals surface area contributed by atoms with Crippen LogP contribution in [0.15, 0.2) is 0 Å². The van der Waals surface area contributed by atoms with Crippen LogP contribution in [0.25, 0.3) is 0 Å². The number of alkyl halides is 1. The number of alkyl carbamates (subject to hydrolysis) is 1. The lowest BCUT2D eigenvalue weighted by molar-refractivity contribution is -0.111. The first kappa shape index (κ1) is 21.2. The molecule has 0 aromatic carbocycles. The van der Waals surface area contributed by atoms with Gasteiger partial charge in [-0.1, -0.05) is 27.7 Å². The second-order valence-corrected chi connectivity index (χ2v) is 5.12. The van der Waals surface area contributed by atoms with Gasteiger partial charge in [-0.25, -0.2) is 9.18 Å². The Kier molecular flexibility index (Phi) is 11.3. The summed E-state index contributed by atoms with van der Waals surface area (Å²) in [6, 6.07) is -0.442. The molecule has 1 saturated carbocycles. The number of ether oxygens (including phenoxy) is 1. The molecule has 0 bridgehead atoms. The van der Waals surface area contributed by atoms with E-state index >= 15 is 0 Å². The summed E-state index contributed by atoms with van der Waals surface area (Å²) in [7, 11) is 0. The van der Waals surface area contributed by atoms with Crippen LogP contribution in [0.5, 0.6) is 0 Å². The third kappa shape index (κ3) is 8.88. The fourth-order valence-electron chi connectivity index (χ4n) is 1.78. The molecule has 3 atom stereocenters. The Hall–Kier alpha value is -1.13. The topological polar surface area (TPSA) is 55.4 Å². The van der Waals surface area contributed by atoms with Gasteiger partial charge in [0.2, 0.25) is 0 Å². The summed E-state index contributed by atoms with van der Waals surface area (Å²) in [4.78, 5) is 22.1. The van der Waals surface area contributed by atoms with Crippen LogP contribution in [-0.2, 0) is 9.53 Å². The van der Waals surface area contributed by atoms with Crippen molar-refractivity contribution < 1.29 is 18.7 Å². The molecule has 1 fully saturated rings.